The average molecular weight is 182 g/mol. The lowest BCUT2D eigenvalue weighted by molar-refractivity contribution is -0.0330. The summed E-state index contributed by atoms with van der Waals surface area (Å²) in [5.41, 5.74) is 1.11. The van der Waals surface area contributed by atoms with Crippen molar-refractivity contribution in [1.82, 2.24) is 9.78 Å². The first-order valence-electron chi connectivity index (χ1n) is 4.54. The highest BCUT2D eigenvalue weighted by Gasteiger charge is 2.25. The van der Waals surface area contributed by atoms with E-state index in [1.54, 1.807) is 10.9 Å². The first kappa shape index (κ1) is 8.72. The van der Waals surface area contributed by atoms with Crippen LogP contribution in [0.25, 0.3) is 0 Å². The molecule has 0 bridgehead atoms. The van der Waals surface area contributed by atoms with Gasteiger partial charge in [-0.25, -0.2) is 0 Å². The number of hydrogen-bond acceptors (Lipinski definition) is 3. The van der Waals surface area contributed by atoms with Gasteiger partial charge in [-0.05, 0) is 18.9 Å². The van der Waals surface area contributed by atoms with Crippen LogP contribution in [-0.4, -0.2) is 34.2 Å². The van der Waals surface area contributed by atoms with Crippen molar-refractivity contribution < 1.29 is 9.84 Å². The van der Waals surface area contributed by atoms with Gasteiger partial charge in [0.15, 0.2) is 0 Å². The molecule has 1 fully saturated rings. The quantitative estimate of drug-likeness (QED) is 0.688. The molecule has 4 heteroatoms. The van der Waals surface area contributed by atoms with E-state index >= 15 is 0 Å². The minimum atomic E-state index is -0.326. The monoisotopic (exact) mass is 182 g/mol. The maximum Gasteiger partial charge on any atom is 0.101 e. The molecule has 0 aliphatic carbocycles. The fourth-order valence-electron chi connectivity index (χ4n) is 1.58. The molecular formula is C9H14N2O2. The second-order valence-corrected chi connectivity index (χ2v) is 3.50. The summed E-state index contributed by atoms with van der Waals surface area (Å²) >= 11 is 0. The molecule has 13 heavy (non-hydrogen) atoms. The normalized spacial score (nSPS) is 29.1. The maximum atomic E-state index is 9.69. The summed E-state index contributed by atoms with van der Waals surface area (Å²) < 4.78 is 7.09. The highest BCUT2D eigenvalue weighted by Crippen LogP contribution is 2.19. The van der Waals surface area contributed by atoms with Crippen LogP contribution in [-0.2, 0) is 4.74 Å². The minimum Gasteiger partial charge on any atom is -0.391 e. The summed E-state index contributed by atoms with van der Waals surface area (Å²) in [4.78, 5) is 0. The Balaban J connectivity index is 2.14. The van der Waals surface area contributed by atoms with Crippen LogP contribution in [0.15, 0.2) is 12.4 Å². The van der Waals surface area contributed by atoms with Crippen molar-refractivity contribution in [3.63, 3.8) is 0 Å². The van der Waals surface area contributed by atoms with Gasteiger partial charge in [-0.1, -0.05) is 0 Å². The molecule has 0 saturated carbocycles. The molecule has 0 amide bonds. The van der Waals surface area contributed by atoms with Crippen LogP contribution in [0.4, 0.5) is 0 Å². The smallest absolute Gasteiger partial charge is 0.101 e. The number of hydrogen-bond donors (Lipinski definition) is 1. The number of aromatic nitrogens is 2. The molecule has 1 N–H and O–H groups in total. The molecule has 2 rings (SSSR count). The fourth-order valence-corrected chi connectivity index (χ4v) is 1.58. The number of aryl methyl sites for hydroxylation is 1. The summed E-state index contributed by atoms with van der Waals surface area (Å²) in [7, 11) is 0. The second-order valence-electron chi connectivity index (χ2n) is 3.50. The highest BCUT2D eigenvalue weighted by molar-refractivity contribution is 5.01. The van der Waals surface area contributed by atoms with E-state index in [9.17, 15) is 5.11 Å². The van der Waals surface area contributed by atoms with Crippen LogP contribution in [0.2, 0.25) is 0 Å². The standard InChI is InChI=1S/C9H14N2O2/c1-7-4-10-11(5-7)8-6-13-3-2-9(8)12/h4-5,8-9,12H,2-3,6H2,1H3. The van der Waals surface area contributed by atoms with Crippen molar-refractivity contribution in [3.05, 3.63) is 18.0 Å². The molecule has 0 radical (unpaired) electrons. The lowest BCUT2D eigenvalue weighted by Crippen LogP contribution is -2.34. The van der Waals surface area contributed by atoms with Crippen molar-refractivity contribution in [2.24, 2.45) is 0 Å². The lowest BCUT2D eigenvalue weighted by atomic mass is 10.1. The Morgan fingerprint density at radius 1 is 1.69 bits per heavy atom. The second kappa shape index (κ2) is 3.47. The van der Waals surface area contributed by atoms with Crippen LogP contribution in [0.5, 0.6) is 0 Å². The van der Waals surface area contributed by atoms with Gasteiger partial charge in [0, 0.05) is 12.8 Å². The highest BCUT2D eigenvalue weighted by atomic mass is 16.5. The molecule has 1 aliphatic heterocycles. The van der Waals surface area contributed by atoms with Crippen molar-refractivity contribution >= 4 is 0 Å². The Bertz CT molecular complexity index is 285. The Morgan fingerprint density at radius 2 is 2.54 bits per heavy atom. The molecule has 1 aromatic heterocycles. The Labute approximate surface area is 77.1 Å². The molecular weight excluding hydrogens is 168 g/mol. The minimum absolute atomic E-state index is 0.0116. The van der Waals surface area contributed by atoms with Crippen molar-refractivity contribution in [3.8, 4) is 0 Å². The van der Waals surface area contributed by atoms with Crippen LogP contribution in [0.3, 0.4) is 0 Å². The third kappa shape index (κ3) is 1.73. The van der Waals surface area contributed by atoms with Gasteiger partial charge in [-0.2, -0.15) is 5.10 Å². The zero-order chi connectivity index (χ0) is 9.26. The van der Waals surface area contributed by atoms with Crippen LogP contribution >= 0.6 is 0 Å². The summed E-state index contributed by atoms with van der Waals surface area (Å²) in [6, 6.07) is -0.0116. The van der Waals surface area contributed by atoms with Gasteiger partial charge in [0.05, 0.1) is 18.9 Å². The van der Waals surface area contributed by atoms with Crippen molar-refractivity contribution in [2.45, 2.75) is 25.5 Å². The van der Waals surface area contributed by atoms with E-state index in [4.69, 9.17) is 4.74 Å². The summed E-state index contributed by atoms with van der Waals surface area (Å²) in [5.74, 6) is 0. The Kier molecular flexibility index (Phi) is 2.33. The average Bonchev–Trinajstić information content (AvgIpc) is 2.53. The molecule has 1 aliphatic rings. The largest absolute Gasteiger partial charge is 0.391 e. The molecule has 2 unspecified atom stereocenters. The molecule has 2 atom stereocenters. The Hall–Kier alpha value is -0.870. The molecule has 0 aromatic carbocycles. The summed E-state index contributed by atoms with van der Waals surface area (Å²) in [6.07, 6.45) is 4.10. The first-order chi connectivity index (χ1) is 6.27. The van der Waals surface area contributed by atoms with E-state index in [-0.39, 0.29) is 12.1 Å². The SMILES string of the molecule is Cc1cnn(C2COCCC2O)c1. The fraction of sp³-hybridized carbons (Fsp3) is 0.667. The Morgan fingerprint density at radius 3 is 3.15 bits per heavy atom. The zero-order valence-electron chi connectivity index (χ0n) is 7.68. The summed E-state index contributed by atoms with van der Waals surface area (Å²) in [5, 5.41) is 13.9. The number of aliphatic hydroxyl groups excluding tert-OH is 1. The van der Waals surface area contributed by atoms with Gasteiger partial charge in [0.25, 0.3) is 0 Å². The van der Waals surface area contributed by atoms with E-state index < -0.39 is 0 Å². The van der Waals surface area contributed by atoms with Crippen molar-refractivity contribution in [2.75, 3.05) is 13.2 Å². The molecule has 4 nitrogen and oxygen atoms in total. The van der Waals surface area contributed by atoms with Crippen LogP contribution < -0.4 is 0 Å². The molecule has 2 heterocycles. The third-order valence-electron chi connectivity index (χ3n) is 2.36. The van der Waals surface area contributed by atoms with Crippen molar-refractivity contribution in [1.29, 1.82) is 0 Å². The molecule has 1 saturated heterocycles. The number of ether oxygens (including phenoxy) is 1. The van der Waals surface area contributed by atoms with E-state index in [1.807, 2.05) is 13.1 Å². The van der Waals surface area contributed by atoms with Gasteiger partial charge in [0.2, 0.25) is 0 Å². The van der Waals surface area contributed by atoms with Gasteiger partial charge < -0.3 is 9.84 Å². The topological polar surface area (TPSA) is 47.3 Å². The van der Waals surface area contributed by atoms with Gasteiger partial charge in [-0.15, -0.1) is 0 Å². The number of nitrogens with zero attached hydrogens (tertiary/aromatic N) is 2. The maximum absolute atomic E-state index is 9.69. The van der Waals surface area contributed by atoms with E-state index in [1.165, 1.54) is 0 Å². The number of aliphatic hydroxyl groups is 1. The predicted octanol–water partition coefficient (Wildman–Crippen LogP) is 0.514. The molecule has 1 aromatic rings. The predicted molar refractivity (Wildman–Crippen MR) is 47.4 cm³/mol. The number of rotatable bonds is 1. The first-order valence-corrected chi connectivity index (χ1v) is 4.54. The van der Waals surface area contributed by atoms with E-state index in [0.717, 1.165) is 5.56 Å². The van der Waals surface area contributed by atoms with Crippen LogP contribution in [0, 0.1) is 6.92 Å². The lowest BCUT2D eigenvalue weighted by Gasteiger charge is -2.27. The van der Waals surface area contributed by atoms with Gasteiger partial charge in [0.1, 0.15) is 6.04 Å². The molecule has 0 spiro atoms. The third-order valence-corrected chi connectivity index (χ3v) is 2.36. The zero-order valence-corrected chi connectivity index (χ0v) is 7.68. The van der Waals surface area contributed by atoms with E-state index in [0.29, 0.717) is 19.6 Å². The van der Waals surface area contributed by atoms with Gasteiger partial charge >= 0.3 is 0 Å². The van der Waals surface area contributed by atoms with E-state index in [2.05, 4.69) is 5.10 Å². The van der Waals surface area contributed by atoms with Gasteiger partial charge in [-0.3, -0.25) is 4.68 Å². The van der Waals surface area contributed by atoms with Crippen LogP contribution in [0.1, 0.15) is 18.0 Å². The summed E-state index contributed by atoms with van der Waals surface area (Å²) in [6.45, 7) is 3.19. The molecule has 72 valence electrons.